The number of carbonyl (C=O) groups excluding carboxylic acids is 3. The highest BCUT2D eigenvalue weighted by Gasteiger charge is 2.28. The molecule has 0 saturated heterocycles. The first-order chi connectivity index (χ1) is 17.0. The van der Waals surface area contributed by atoms with Crippen molar-refractivity contribution < 1.29 is 28.3 Å². The Labute approximate surface area is 206 Å². The van der Waals surface area contributed by atoms with E-state index in [-0.39, 0.29) is 43.1 Å². The topological polar surface area (TPSA) is 98.1 Å². The van der Waals surface area contributed by atoms with E-state index in [1.54, 1.807) is 54.6 Å². The third kappa shape index (κ3) is 5.49. The SMILES string of the molecule is O=C(COc1ccc(Cl)cc1)c1ccc2c(c1)N(Cc1ccc(C(=O)NCC3CC3)o1)C(=O)CO2. The molecule has 1 saturated carbocycles. The molecule has 0 atom stereocenters. The molecule has 1 aromatic heterocycles. The van der Waals surface area contributed by atoms with Gasteiger partial charge in [0, 0.05) is 17.1 Å². The quantitative estimate of drug-likeness (QED) is 0.446. The van der Waals surface area contributed by atoms with Crippen molar-refractivity contribution in [3.8, 4) is 11.5 Å². The van der Waals surface area contributed by atoms with Gasteiger partial charge in [0.2, 0.25) is 0 Å². The third-order valence-corrected chi connectivity index (χ3v) is 6.11. The summed E-state index contributed by atoms with van der Waals surface area (Å²) in [6.45, 7) is 0.439. The lowest BCUT2D eigenvalue weighted by Gasteiger charge is -2.29. The predicted molar refractivity (Wildman–Crippen MR) is 128 cm³/mol. The van der Waals surface area contributed by atoms with E-state index in [1.807, 2.05) is 0 Å². The molecule has 2 aliphatic rings. The van der Waals surface area contributed by atoms with Gasteiger partial charge < -0.3 is 19.2 Å². The summed E-state index contributed by atoms with van der Waals surface area (Å²) in [6, 6.07) is 14.9. The number of anilines is 1. The molecule has 1 aliphatic heterocycles. The van der Waals surface area contributed by atoms with Crippen LogP contribution in [0.4, 0.5) is 5.69 Å². The molecule has 1 aliphatic carbocycles. The van der Waals surface area contributed by atoms with E-state index < -0.39 is 0 Å². The highest BCUT2D eigenvalue weighted by atomic mass is 35.5. The van der Waals surface area contributed by atoms with Gasteiger partial charge in [-0.25, -0.2) is 0 Å². The van der Waals surface area contributed by atoms with Crippen molar-refractivity contribution in [1.29, 1.82) is 0 Å². The standard InChI is InChI=1S/C26H23ClN2O6/c27-18-4-6-19(7-5-18)33-14-22(30)17-3-9-23-21(11-17)29(25(31)15-34-23)13-20-8-10-24(35-20)26(32)28-12-16-1-2-16/h3-11,16H,1-2,12-15H2,(H,28,32). The average molecular weight is 495 g/mol. The largest absolute Gasteiger partial charge is 0.485 e. The first-order valence-corrected chi connectivity index (χ1v) is 11.7. The van der Waals surface area contributed by atoms with Gasteiger partial charge in [0.25, 0.3) is 11.8 Å². The Hall–Kier alpha value is -3.78. The predicted octanol–water partition coefficient (Wildman–Crippen LogP) is 4.26. The number of carbonyl (C=O) groups is 3. The number of nitrogens with one attached hydrogen (secondary N) is 1. The molecule has 2 aromatic carbocycles. The van der Waals surface area contributed by atoms with Crippen molar-refractivity contribution in [2.75, 3.05) is 24.7 Å². The zero-order valence-electron chi connectivity index (χ0n) is 18.8. The van der Waals surface area contributed by atoms with E-state index in [0.717, 1.165) is 12.8 Å². The minimum atomic E-state index is -0.282. The second-order valence-corrected chi connectivity index (χ2v) is 8.97. The Balaban J connectivity index is 1.28. The van der Waals surface area contributed by atoms with Gasteiger partial charge in [-0.05, 0) is 73.4 Å². The van der Waals surface area contributed by atoms with Crippen molar-refractivity contribution in [2.24, 2.45) is 5.92 Å². The number of halogens is 1. The van der Waals surface area contributed by atoms with E-state index in [2.05, 4.69) is 5.32 Å². The summed E-state index contributed by atoms with van der Waals surface area (Å²) in [5.74, 6) is 1.40. The molecule has 0 spiro atoms. The fraction of sp³-hybridized carbons (Fsp3) is 0.269. The van der Waals surface area contributed by atoms with Crippen LogP contribution in [0.15, 0.2) is 59.0 Å². The number of hydrogen-bond donors (Lipinski definition) is 1. The third-order valence-electron chi connectivity index (χ3n) is 5.86. The lowest BCUT2D eigenvalue weighted by atomic mass is 10.1. The Bertz CT molecular complexity index is 1270. The second kappa shape index (κ2) is 9.84. The Morgan fingerprint density at radius 1 is 1.09 bits per heavy atom. The zero-order chi connectivity index (χ0) is 24.4. The van der Waals surface area contributed by atoms with Crippen molar-refractivity contribution in [1.82, 2.24) is 5.32 Å². The van der Waals surface area contributed by atoms with Crippen molar-refractivity contribution in [3.63, 3.8) is 0 Å². The van der Waals surface area contributed by atoms with Crippen molar-refractivity contribution in [3.05, 3.63) is 76.7 Å². The fourth-order valence-corrected chi connectivity index (χ4v) is 3.82. The average Bonchev–Trinajstić information content (AvgIpc) is 3.59. The molecule has 2 amide bonds. The first kappa shape index (κ1) is 23.0. The minimum Gasteiger partial charge on any atom is -0.485 e. The summed E-state index contributed by atoms with van der Waals surface area (Å²) in [5.41, 5.74) is 0.829. The van der Waals surface area contributed by atoms with Crippen LogP contribution in [-0.2, 0) is 11.3 Å². The molecule has 0 unspecified atom stereocenters. The number of rotatable bonds is 9. The molecule has 2 heterocycles. The summed E-state index contributed by atoms with van der Waals surface area (Å²) < 4.78 is 16.8. The number of benzene rings is 2. The van der Waals surface area contributed by atoms with Crippen LogP contribution in [0.25, 0.3) is 0 Å². The number of amides is 2. The number of ether oxygens (including phenoxy) is 2. The monoisotopic (exact) mass is 494 g/mol. The number of nitrogens with zero attached hydrogens (tertiary/aromatic N) is 1. The number of ketones is 1. The summed E-state index contributed by atoms with van der Waals surface area (Å²) in [5, 5.41) is 3.43. The number of hydrogen-bond acceptors (Lipinski definition) is 6. The molecule has 0 radical (unpaired) electrons. The number of Topliss-reactive ketones (excluding diaryl/α,β-unsaturated/α-hetero) is 1. The van der Waals surface area contributed by atoms with E-state index in [1.165, 1.54) is 4.90 Å². The van der Waals surface area contributed by atoms with Crippen molar-refractivity contribution >= 4 is 34.9 Å². The Kier molecular flexibility index (Phi) is 6.46. The van der Waals surface area contributed by atoms with Gasteiger partial charge in [0.05, 0.1) is 12.2 Å². The van der Waals surface area contributed by atoms with Crippen LogP contribution in [-0.4, -0.2) is 37.4 Å². The van der Waals surface area contributed by atoms with Gasteiger partial charge in [0.15, 0.2) is 24.8 Å². The smallest absolute Gasteiger partial charge is 0.287 e. The minimum absolute atomic E-state index is 0.101. The van der Waals surface area contributed by atoms with E-state index in [4.69, 9.17) is 25.5 Å². The Morgan fingerprint density at radius 3 is 2.66 bits per heavy atom. The van der Waals surface area contributed by atoms with Gasteiger partial charge >= 0.3 is 0 Å². The molecular formula is C26H23ClN2O6. The second-order valence-electron chi connectivity index (χ2n) is 8.54. The van der Waals surface area contributed by atoms with Crippen LogP contribution in [0.2, 0.25) is 5.02 Å². The van der Waals surface area contributed by atoms with Gasteiger partial charge in [-0.15, -0.1) is 0 Å². The maximum atomic E-state index is 12.8. The van der Waals surface area contributed by atoms with Gasteiger partial charge in [-0.3, -0.25) is 19.3 Å². The molecule has 1 fully saturated rings. The molecule has 180 valence electrons. The van der Waals surface area contributed by atoms with Gasteiger partial charge in [0.1, 0.15) is 17.3 Å². The van der Waals surface area contributed by atoms with Crippen LogP contribution in [0.1, 0.15) is 39.5 Å². The maximum Gasteiger partial charge on any atom is 0.287 e. The summed E-state index contributed by atoms with van der Waals surface area (Å²) in [7, 11) is 0. The van der Waals surface area contributed by atoms with Crippen LogP contribution in [0, 0.1) is 5.92 Å². The maximum absolute atomic E-state index is 12.8. The van der Waals surface area contributed by atoms with Crippen LogP contribution >= 0.6 is 11.6 Å². The molecule has 1 N–H and O–H groups in total. The zero-order valence-corrected chi connectivity index (χ0v) is 19.5. The summed E-state index contributed by atoms with van der Waals surface area (Å²) >= 11 is 5.87. The van der Waals surface area contributed by atoms with Gasteiger partial charge in [-0.2, -0.15) is 0 Å². The summed E-state index contributed by atoms with van der Waals surface area (Å²) in [4.78, 5) is 39.2. The van der Waals surface area contributed by atoms with E-state index >= 15 is 0 Å². The molecule has 35 heavy (non-hydrogen) atoms. The lowest BCUT2D eigenvalue weighted by Crippen LogP contribution is -2.38. The normalized spacial score (nSPS) is 14.8. The van der Waals surface area contributed by atoms with Crippen LogP contribution in [0.3, 0.4) is 0 Å². The van der Waals surface area contributed by atoms with E-state index in [0.29, 0.717) is 46.0 Å². The molecule has 5 rings (SSSR count). The van der Waals surface area contributed by atoms with E-state index in [9.17, 15) is 14.4 Å². The molecular weight excluding hydrogens is 472 g/mol. The lowest BCUT2D eigenvalue weighted by molar-refractivity contribution is -0.121. The highest BCUT2D eigenvalue weighted by Crippen LogP contribution is 2.34. The number of fused-ring (bicyclic) bond motifs is 1. The fourth-order valence-electron chi connectivity index (χ4n) is 3.70. The van der Waals surface area contributed by atoms with Crippen LogP contribution in [0.5, 0.6) is 11.5 Å². The Morgan fingerprint density at radius 2 is 1.89 bits per heavy atom. The highest BCUT2D eigenvalue weighted by molar-refractivity contribution is 6.30. The van der Waals surface area contributed by atoms with Crippen molar-refractivity contribution in [2.45, 2.75) is 19.4 Å². The van der Waals surface area contributed by atoms with Crippen LogP contribution < -0.4 is 19.7 Å². The molecule has 8 nitrogen and oxygen atoms in total. The molecule has 3 aromatic rings. The first-order valence-electron chi connectivity index (χ1n) is 11.3. The molecule has 9 heteroatoms. The molecule has 0 bridgehead atoms. The summed E-state index contributed by atoms with van der Waals surface area (Å²) in [6.07, 6.45) is 2.28. The number of furan rings is 1. The van der Waals surface area contributed by atoms with Gasteiger partial charge in [-0.1, -0.05) is 11.6 Å².